The molecule has 26 heavy (non-hydrogen) atoms. The van der Waals surface area contributed by atoms with E-state index in [4.69, 9.17) is 0 Å². The molecule has 3 aromatic carbocycles. The van der Waals surface area contributed by atoms with Gasteiger partial charge in [0.2, 0.25) is 7.29 Å². The van der Waals surface area contributed by atoms with Crippen molar-refractivity contribution in [2.45, 2.75) is 19.3 Å². The van der Waals surface area contributed by atoms with Gasteiger partial charge in [0.25, 0.3) is 0 Å². The summed E-state index contributed by atoms with van der Waals surface area (Å²) in [6, 6.07) is 27.9. The highest BCUT2D eigenvalue weighted by atomic mass is 31.2. The Kier molecular flexibility index (Phi) is 4.77. The number of fused-ring (bicyclic) bond motifs is 1. The third-order valence-electron chi connectivity index (χ3n) is 4.82. The average Bonchev–Trinajstić information content (AvgIpc) is 2.92. The lowest BCUT2D eigenvalue weighted by Gasteiger charge is -2.24. The summed E-state index contributed by atoms with van der Waals surface area (Å²) in [6.07, 6.45) is 5.35. The molecule has 3 aromatic rings. The zero-order valence-corrected chi connectivity index (χ0v) is 15.5. The maximum atomic E-state index is 14.3. The van der Waals surface area contributed by atoms with E-state index in [9.17, 15) is 4.57 Å². The molecule has 0 aromatic heterocycles. The molecule has 0 atom stereocenters. The van der Waals surface area contributed by atoms with Crippen molar-refractivity contribution in [3.63, 3.8) is 0 Å². The summed E-state index contributed by atoms with van der Waals surface area (Å²) in [5.41, 5.74) is 3.46. The summed E-state index contributed by atoms with van der Waals surface area (Å²) in [5.74, 6) is 0. The van der Waals surface area contributed by atoms with Gasteiger partial charge in [-0.15, -0.1) is 0 Å². The van der Waals surface area contributed by atoms with Crippen molar-refractivity contribution < 1.29 is 4.57 Å². The van der Waals surface area contributed by atoms with Gasteiger partial charge >= 0.3 is 0 Å². The lowest BCUT2D eigenvalue weighted by molar-refractivity contribution is 0.584. The highest BCUT2D eigenvalue weighted by Crippen LogP contribution is 2.42. The van der Waals surface area contributed by atoms with Crippen molar-refractivity contribution in [3.05, 3.63) is 102 Å². The van der Waals surface area contributed by atoms with Crippen LogP contribution in [0.15, 0.2) is 91.0 Å². The Labute approximate surface area is 155 Å². The molecule has 0 bridgehead atoms. The van der Waals surface area contributed by atoms with Crippen LogP contribution in [-0.4, -0.2) is 0 Å². The first kappa shape index (κ1) is 16.9. The molecular formula is C23H22NOP. The number of hydrogen-bond donors (Lipinski definition) is 1. The van der Waals surface area contributed by atoms with Gasteiger partial charge in [0, 0.05) is 21.9 Å². The Morgan fingerprint density at radius 1 is 0.731 bits per heavy atom. The SMILES string of the molecule is O=P(NC1=CCCCc2ccccc21)(c1ccccc1)c1ccccc1. The molecule has 130 valence electrons. The van der Waals surface area contributed by atoms with E-state index in [-0.39, 0.29) is 0 Å². The number of hydrogen-bond acceptors (Lipinski definition) is 1. The highest BCUT2D eigenvalue weighted by Gasteiger charge is 2.29. The standard InChI is InChI=1S/C23H22NOP/c25-26(20-13-3-1-4-14-20,21-15-5-2-6-16-21)24-23-18-10-8-12-19-11-7-9-17-22(19)23/h1-7,9,11,13-18H,8,10,12H2,(H,24,25). The molecule has 0 fully saturated rings. The number of benzene rings is 3. The molecule has 3 heteroatoms. The Morgan fingerprint density at radius 3 is 1.96 bits per heavy atom. The van der Waals surface area contributed by atoms with Gasteiger partial charge in [0.15, 0.2) is 0 Å². The zero-order valence-electron chi connectivity index (χ0n) is 14.6. The zero-order chi connectivity index (χ0) is 17.8. The Morgan fingerprint density at radius 2 is 1.31 bits per heavy atom. The molecule has 0 spiro atoms. The van der Waals surface area contributed by atoms with Crippen molar-refractivity contribution >= 4 is 23.6 Å². The van der Waals surface area contributed by atoms with Crippen molar-refractivity contribution in [3.8, 4) is 0 Å². The number of nitrogens with one attached hydrogen (secondary N) is 1. The predicted molar refractivity (Wildman–Crippen MR) is 110 cm³/mol. The molecule has 2 nitrogen and oxygen atoms in total. The smallest absolute Gasteiger partial charge is 0.227 e. The Balaban J connectivity index is 1.82. The van der Waals surface area contributed by atoms with Crippen molar-refractivity contribution in [2.24, 2.45) is 0 Å². The topological polar surface area (TPSA) is 29.1 Å². The molecule has 0 saturated heterocycles. The first-order valence-electron chi connectivity index (χ1n) is 9.05. The second-order valence-corrected chi connectivity index (χ2v) is 9.03. The summed E-state index contributed by atoms with van der Waals surface area (Å²) < 4.78 is 14.3. The van der Waals surface area contributed by atoms with Crippen molar-refractivity contribution in [2.75, 3.05) is 0 Å². The van der Waals surface area contributed by atoms with Crippen LogP contribution in [0.3, 0.4) is 0 Å². The maximum Gasteiger partial charge on any atom is 0.227 e. The first-order chi connectivity index (χ1) is 12.8. The average molecular weight is 359 g/mol. The van der Waals surface area contributed by atoms with E-state index in [1.54, 1.807) is 0 Å². The molecule has 1 N–H and O–H groups in total. The van der Waals surface area contributed by atoms with Crippen LogP contribution in [0.5, 0.6) is 0 Å². The quantitative estimate of drug-likeness (QED) is 0.673. The van der Waals surface area contributed by atoms with E-state index in [0.717, 1.165) is 41.1 Å². The van der Waals surface area contributed by atoms with E-state index >= 15 is 0 Å². The summed E-state index contributed by atoms with van der Waals surface area (Å²) in [7, 11) is -2.99. The van der Waals surface area contributed by atoms with Crippen LogP contribution in [0.25, 0.3) is 5.70 Å². The molecule has 0 unspecified atom stereocenters. The minimum absolute atomic E-state index is 0.828. The molecule has 1 aliphatic rings. The van der Waals surface area contributed by atoms with Crippen LogP contribution in [0.1, 0.15) is 24.0 Å². The van der Waals surface area contributed by atoms with Crippen molar-refractivity contribution in [1.82, 2.24) is 5.09 Å². The fraction of sp³-hybridized carbons (Fsp3) is 0.130. The fourth-order valence-electron chi connectivity index (χ4n) is 3.48. The van der Waals surface area contributed by atoms with Gasteiger partial charge in [0.05, 0.1) is 0 Å². The van der Waals surface area contributed by atoms with Gasteiger partial charge in [-0.05, 0) is 49.1 Å². The molecule has 0 saturated carbocycles. The largest absolute Gasteiger partial charge is 0.329 e. The first-order valence-corrected chi connectivity index (χ1v) is 10.8. The normalized spacial score (nSPS) is 14.1. The molecule has 1 aliphatic carbocycles. The van der Waals surface area contributed by atoms with Crippen LogP contribution in [0.2, 0.25) is 0 Å². The van der Waals surface area contributed by atoms with Crippen LogP contribution in [0, 0.1) is 0 Å². The van der Waals surface area contributed by atoms with Crippen LogP contribution < -0.4 is 15.7 Å². The lowest BCUT2D eigenvalue weighted by atomic mass is 10.0. The highest BCUT2D eigenvalue weighted by molar-refractivity contribution is 7.77. The van der Waals surface area contributed by atoms with Crippen LogP contribution in [-0.2, 0) is 11.0 Å². The van der Waals surface area contributed by atoms with E-state index in [1.807, 2.05) is 60.7 Å². The molecule has 0 heterocycles. The Hall–Kier alpha value is -2.57. The summed E-state index contributed by atoms with van der Waals surface area (Å²) >= 11 is 0. The van der Waals surface area contributed by atoms with Gasteiger partial charge in [-0.1, -0.05) is 66.7 Å². The minimum Gasteiger partial charge on any atom is -0.329 e. The number of allylic oxidation sites excluding steroid dienone is 1. The molecule has 0 radical (unpaired) electrons. The van der Waals surface area contributed by atoms with E-state index in [1.165, 1.54) is 5.56 Å². The molecular weight excluding hydrogens is 337 g/mol. The third-order valence-corrected chi connectivity index (χ3v) is 7.43. The second kappa shape index (κ2) is 7.35. The maximum absolute atomic E-state index is 14.3. The van der Waals surface area contributed by atoms with Gasteiger partial charge in [-0.3, -0.25) is 4.57 Å². The minimum atomic E-state index is -2.99. The summed E-state index contributed by atoms with van der Waals surface area (Å²) in [4.78, 5) is 0. The lowest BCUT2D eigenvalue weighted by Crippen LogP contribution is -2.27. The van der Waals surface area contributed by atoms with Gasteiger partial charge in [0.1, 0.15) is 0 Å². The molecule has 0 amide bonds. The summed E-state index contributed by atoms with van der Waals surface area (Å²) in [5, 5.41) is 5.13. The van der Waals surface area contributed by atoms with Crippen LogP contribution in [0.4, 0.5) is 0 Å². The molecule has 0 aliphatic heterocycles. The van der Waals surface area contributed by atoms with Crippen LogP contribution >= 0.6 is 7.29 Å². The number of rotatable bonds is 4. The number of aryl methyl sites for hydroxylation is 1. The third kappa shape index (κ3) is 3.25. The summed E-state index contributed by atoms with van der Waals surface area (Å²) in [6.45, 7) is 0. The van der Waals surface area contributed by atoms with Gasteiger partial charge in [-0.25, -0.2) is 0 Å². The second-order valence-electron chi connectivity index (χ2n) is 6.56. The van der Waals surface area contributed by atoms with E-state index in [2.05, 4.69) is 35.4 Å². The monoisotopic (exact) mass is 359 g/mol. The van der Waals surface area contributed by atoms with Crippen molar-refractivity contribution in [1.29, 1.82) is 0 Å². The van der Waals surface area contributed by atoms with E-state index in [0.29, 0.717) is 0 Å². The van der Waals surface area contributed by atoms with E-state index < -0.39 is 7.29 Å². The Bertz CT molecular complexity index is 920. The predicted octanol–water partition coefficient (Wildman–Crippen LogP) is 4.88. The van der Waals surface area contributed by atoms with Gasteiger partial charge in [-0.2, -0.15) is 0 Å². The van der Waals surface area contributed by atoms with Gasteiger partial charge < -0.3 is 5.09 Å². The molecule has 4 rings (SSSR count). The fourth-order valence-corrected chi connectivity index (χ4v) is 5.77.